The van der Waals surface area contributed by atoms with Crippen molar-refractivity contribution in [1.82, 2.24) is 0 Å². The van der Waals surface area contributed by atoms with E-state index in [9.17, 15) is 4.79 Å². The van der Waals surface area contributed by atoms with Crippen molar-refractivity contribution in [2.75, 3.05) is 0 Å². The molecule has 0 saturated heterocycles. The average molecular weight is 156 g/mol. The predicted octanol–water partition coefficient (Wildman–Crippen LogP) is 3.18. The van der Waals surface area contributed by atoms with E-state index in [0.717, 1.165) is 18.8 Å². The number of ketones is 1. The zero-order valence-corrected chi connectivity index (χ0v) is 8.02. The minimum Gasteiger partial charge on any atom is -0.300 e. The monoisotopic (exact) mass is 156 g/mol. The number of hydrogen-bond acceptors (Lipinski definition) is 1. The standard InChI is InChI=1S/C10H20O/c1-4-9(3)7-6-8-10(11)5-2/h9H,4-8H2,1-3H3/t9-/m0/s1. The van der Waals surface area contributed by atoms with Crippen molar-refractivity contribution < 1.29 is 4.79 Å². The Balaban J connectivity index is 3.20. The summed E-state index contributed by atoms with van der Waals surface area (Å²) in [6.45, 7) is 6.38. The lowest BCUT2D eigenvalue weighted by molar-refractivity contribution is -0.118. The van der Waals surface area contributed by atoms with E-state index in [2.05, 4.69) is 13.8 Å². The Morgan fingerprint density at radius 1 is 1.36 bits per heavy atom. The van der Waals surface area contributed by atoms with Crippen LogP contribution in [-0.4, -0.2) is 5.78 Å². The van der Waals surface area contributed by atoms with Crippen LogP contribution < -0.4 is 0 Å². The largest absolute Gasteiger partial charge is 0.300 e. The maximum absolute atomic E-state index is 10.9. The Kier molecular flexibility index (Phi) is 6.19. The maximum Gasteiger partial charge on any atom is 0.132 e. The van der Waals surface area contributed by atoms with Gasteiger partial charge in [0.2, 0.25) is 0 Å². The van der Waals surface area contributed by atoms with Gasteiger partial charge in [0.05, 0.1) is 0 Å². The molecule has 0 rings (SSSR count). The fourth-order valence-electron chi connectivity index (χ4n) is 1.03. The predicted molar refractivity (Wildman–Crippen MR) is 48.6 cm³/mol. The first kappa shape index (κ1) is 10.7. The van der Waals surface area contributed by atoms with Gasteiger partial charge in [-0.05, 0) is 12.3 Å². The molecule has 0 fully saturated rings. The first-order valence-electron chi connectivity index (χ1n) is 4.72. The summed E-state index contributed by atoms with van der Waals surface area (Å²) < 4.78 is 0. The van der Waals surface area contributed by atoms with Crippen LogP contribution in [0, 0.1) is 5.92 Å². The zero-order valence-electron chi connectivity index (χ0n) is 8.02. The number of carbonyl (C=O) groups is 1. The molecule has 1 heteroatoms. The van der Waals surface area contributed by atoms with Gasteiger partial charge in [0.15, 0.2) is 0 Å². The molecule has 1 nitrogen and oxygen atoms in total. The molecule has 0 aromatic heterocycles. The molecule has 0 spiro atoms. The summed E-state index contributed by atoms with van der Waals surface area (Å²) in [6, 6.07) is 0. The molecule has 0 aliphatic rings. The van der Waals surface area contributed by atoms with Crippen molar-refractivity contribution in [3.05, 3.63) is 0 Å². The van der Waals surface area contributed by atoms with Crippen LogP contribution in [0.1, 0.15) is 52.9 Å². The summed E-state index contributed by atoms with van der Waals surface area (Å²) in [4.78, 5) is 10.9. The van der Waals surface area contributed by atoms with Gasteiger partial charge in [-0.3, -0.25) is 4.79 Å². The van der Waals surface area contributed by atoms with Crippen LogP contribution in [-0.2, 0) is 4.79 Å². The average Bonchev–Trinajstić information content (AvgIpc) is 2.04. The fourth-order valence-corrected chi connectivity index (χ4v) is 1.03. The van der Waals surface area contributed by atoms with Gasteiger partial charge in [0.25, 0.3) is 0 Å². The van der Waals surface area contributed by atoms with Crippen LogP contribution in [0.5, 0.6) is 0 Å². The second-order valence-corrected chi connectivity index (χ2v) is 3.30. The highest BCUT2D eigenvalue weighted by Crippen LogP contribution is 2.11. The van der Waals surface area contributed by atoms with Crippen LogP contribution in [0.25, 0.3) is 0 Å². The fraction of sp³-hybridized carbons (Fsp3) is 0.900. The van der Waals surface area contributed by atoms with Gasteiger partial charge >= 0.3 is 0 Å². The van der Waals surface area contributed by atoms with Crippen molar-refractivity contribution >= 4 is 5.78 Å². The van der Waals surface area contributed by atoms with Gasteiger partial charge < -0.3 is 0 Å². The highest BCUT2D eigenvalue weighted by atomic mass is 16.1. The van der Waals surface area contributed by atoms with E-state index in [1.54, 1.807) is 0 Å². The van der Waals surface area contributed by atoms with E-state index in [-0.39, 0.29) is 0 Å². The molecule has 66 valence electrons. The molecule has 0 radical (unpaired) electrons. The molecule has 0 aromatic rings. The molecule has 0 aromatic carbocycles. The lowest BCUT2D eigenvalue weighted by Gasteiger charge is -2.05. The smallest absolute Gasteiger partial charge is 0.132 e. The van der Waals surface area contributed by atoms with E-state index in [4.69, 9.17) is 0 Å². The number of rotatable bonds is 6. The van der Waals surface area contributed by atoms with E-state index >= 15 is 0 Å². The molecular formula is C10H20O. The lowest BCUT2D eigenvalue weighted by Crippen LogP contribution is -1.97. The Hall–Kier alpha value is -0.330. The molecule has 0 bridgehead atoms. The summed E-state index contributed by atoms with van der Waals surface area (Å²) in [5, 5.41) is 0. The summed E-state index contributed by atoms with van der Waals surface area (Å²) in [7, 11) is 0. The van der Waals surface area contributed by atoms with Crippen molar-refractivity contribution in [2.24, 2.45) is 5.92 Å². The molecule has 11 heavy (non-hydrogen) atoms. The maximum atomic E-state index is 10.9. The van der Waals surface area contributed by atoms with Crippen molar-refractivity contribution in [3.8, 4) is 0 Å². The Labute approximate surface area is 70.2 Å². The second-order valence-electron chi connectivity index (χ2n) is 3.30. The first-order valence-corrected chi connectivity index (χ1v) is 4.72. The zero-order chi connectivity index (χ0) is 8.69. The number of Topliss-reactive ketones (excluding diaryl/α,β-unsaturated/α-hetero) is 1. The molecular weight excluding hydrogens is 136 g/mol. The highest BCUT2D eigenvalue weighted by Gasteiger charge is 2.01. The van der Waals surface area contributed by atoms with E-state index in [1.807, 2.05) is 6.92 Å². The van der Waals surface area contributed by atoms with Gasteiger partial charge in [-0.1, -0.05) is 33.6 Å². The molecule has 0 aliphatic heterocycles. The van der Waals surface area contributed by atoms with Gasteiger partial charge in [-0.2, -0.15) is 0 Å². The Morgan fingerprint density at radius 3 is 2.45 bits per heavy atom. The molecule has 0 saturated carbocycles. The Morgan fingerprint density at radius 2 is 2.00 bits per heavy atom. The van der Waals surface area contributed by atoms with Gasteiger partial charge in [0.1, 0.15) is 5.78 Å². The van der Waals surface area contributed by atoms with Gasteiger partial charge in [0, 0.05) is 12.8 Å². The topological polar surface area (TPSA) is 17.1 Å². The third-order valence-corrected chi connectivity index (χ3v) is 2.24. The third kappa shape index (κ3) is 6.08. The minimum absolute atomic E-state index is 0.410. The second kappa shape index (κ2) is 6.38. The van der Waals surface area contributed by atoms with Crippen LogP contribution >= 0.6 is 0 Å². The molecule has 1 atom stereocenters. The summed E-state index contributed by atoms with van der Waals surface area (Å²) in [5.74, 6) is 1.20. The summed E-state index contributed by atoms with van der Waals surface area (Å²) >= 11 is 0. The van der Waals surface area contributed by atoms with Crippen LogP contribution in [0.3, 0.4) is 0 Å². The van der Waals surface area contributed by atoms with Crippen molar-refractivity contribution in [3.63, 3.8) is 0 Å². The van der Waals surface area contributed by atoms with Crippen LogP contribution in [0.4, 0.5) is 0 Å². The molecule has 0 heterocycles. The number of hydrogen-bond donors (Lipinski definition) is 0. The highest BCUT2D eigenvalue weighted by molar-refractivity contribution is 5.77. The van der Waals surface area contributed by atoms with Gasteiger partial charge in [-0.25, -0.2) is 0 Å². The van der Waals surface area contributed by atoms with Crippen LogP contribution in [0.2, 0.25) is 0 Å². The minimum atomic E-state index is 0.410. The molecule has 0 amide bonds. The third-order valence-electron chi connectivity index (χ3n) is 2.24. The molecule has 0 unspecified atom stereocenters. The molecule has 0 N–H and O–H groups in total. The molecule has 0 aliphatic carbocycles. The summed E-state index contributed by atoms with van der Waals surface area (Å²) in [6.07, 6.45) is 5.03. The normalized spacial score (nSPS) is 13.0. The lowest BCUT2D eigenvalue weighted by atomic mass is 10.0. The van der Waals surface area contributed by atoms with Crippen molar-refractivity contribution in [2.45, 2.75) is 52.9 Å². The van der Waals surface area contributed by atoms with Crippen molar-refractivity contribution in [1.29, 1.82) is 0 Å². The first-order chi connectivity index (χ1) is 5.20. The van der Waals surface area contributed by atoms with Gasteiger partial charge in [-0.15, -0.1) is 0 Å². The van der Waals surface area contributed by atoms with Crippen LogP contribution in [0.15, 0.2) is 0 Å². The quantitative estimate of drug-likeness (QED) is 0.577. The van der Waals surface area contributed by atoms with E-state index in [1.165, 1.54) is 12.8 Å². The SMILES string of the molecule is CCC(=O)CCC[C@@H](C)CC. The Bertz CT molecular complexity index is 107. The summed E-state index contributed by atoms with van der Waals surface area (Å²) in [5.41, 5.74) is 0. The number of carbonyl (C=O) groups excluding carboxylic acids is 1. The van der Waals surface area contributed by atoms with E-state index < -0.39 is 0 Å². The van der Waals surface area contributed by atoms with E-state index in [0.29, 0.717) is 12.2 Å².